The highest BCUT2D eigenvalue weighted by atomic mass is 17.0. The van der Waals surface area contributed by atoms with Gasteiger partial charge in [0.1, 0.15) is 0 Å². The zero-order valence-electron chi connectivity index (χ0n) is 15.6. The molecule has 138 valence electrons. The van der Waals surface area contributed by atoms with Gasteiger partial charge in [0, 0.05) is 11.1 Å². The lowest BCUT2D eigenvalue weighted by Gasteiger charge is -2.14. The minimum absolute atomic E-state index is 0.777. The van der Waals surface area contributed by atoms with E-state index in [1.165, 1.54) is 0 Å². The molecule has 3 heteroatoms. The molecular formula is C26H17NO2. The van der Waals surface area contributed by atoms with Crippen LogP contribution in [0.2, 0.25) is 0 Å². The van der Waals surface area contributed by atoms with E-state index in [-0.39, 0.29) is 0 Å². The molecule has 0 bridgehead atoms. The van der Waals surface area contributed by atoms with E-state index in [1.54, 1.807) is 0 Å². The predicted octanol–water partition coefficient (Wildman–Crippen LogP) is 7.30. The van der Waals surface area contributed by atoms with Crippen molar-refractivity contribution < 1.29 is 9.15 Å². The van der Waals surface area contributed by atoms with E-state index in [0.717, 1.165) is 50.1 Å². The lowest BCUT2D eigenvalue weighted by molar-refractivity contribution is 0.0604. The zero-order valence-corrected chi connectivity index (χ0v) is 15.6. The molecular weight excluding hydrogens is 358 g/mol. The maximum Gasteiger partial charge on any atom is 0.235 e. The number of rotatable bonds is 3. The third-order valence-electron chi connectivity index (χ3n) is 5.38. The smallest absolute Gasteiger partial charge is 0.235 e. The molecule has 3 nitrogen and oxygen atoms in total. The zero-order chi connectivity index (χ0) is 19.2. The summed E-state index contributed by atoms with van der Waals surface area (Å²) in [5.74, 6) is 0. The number of benzene rings is 4. The Morgan fingerprint density at radius 1 is 0.517 bits per heavy atom. The van der Waals surface area contributed by atoms with E-state index in [4.69, 9.17) is 9.15 Å². The largest absolute Gasteiger partial charge is 0.308 e. The van der Waals surface area contributed by atoms with Crippen molar-refractivity contribution in [3.8, 4) is 28.2 Å². The SMILES string of the molecule is c1ccc(-c2c3ccc4ooc4c3c(-c3ccccc3)n2-c2ccccc2)cc1. The Kier molecular flexibility index (Phi) is 3.47. The lowest BCUT2D eigenvalue weighted by atomic mass is 10.0. The van der Waals surface area contributed by atoms with E-state index in [9.17, 15) is 0 Å². The van der Waals surface area contributed by atoms with Crippen LogP contribution in [0.4, 0.5) is 0 Å². The van der Waals surface area contributed by atoms with Gasteiger partial charge in [-0.2, -0.15) is 0 Å². The first-order valence-electron chi connectivity index (χ1n) is 9.64. The summed E-state index contributed by atoms with van der Waals surface area (Å²) < 4.78 is 13.0. The first kappa shape index (κ1) is 16.0. The fourth-order valence-corrected chi connectivity index (χ4v) is 4.13. The lowest BCUT2D eigenvalue weighted by Crippen LogP contribution is -1.99. The van der Waals surface area contributed by atoms with Gasteiger partial charge in [-0.25, -0.2) is 0 Å². The minimum Gasteiger partial charge on any atom is -0.308 e. The third kappa shape index (κ3) is 2.38. The van der Waals surface area contributed by atoms with Gasteiger partial charge in [0.05, 0.1) is 16.8 Å². The van der Waals surface area contributed by atoms with Crippen molar-refractivity contribution >= 4 is 21.9 Å². The van der Waals surface area contributed by atoms with Crippen LogP contribution in [0, 0.1) is 0 Å². The predicted molar refractivity (Wildman–Crippen MR) is 116 cm³/mol. The van der Waals surface area contributed by atoms with E-state index < -0.39 is 0 Å². The first-order chi connectivity index (χ1) is 14.4. The molecule has 0 N–H and O–H groups in total. The number of nitrogens with zero attached hydrogens (tertiary/aromatic N) is 1. The molecule has 0 unspecified atom stereocenters. The van der Waals surface area contributed by atoms with Gasteiger partial charge in [-0.15, -0.1) is 0 Å². The van der Waals surface area contributed by atoms with Crippen LogP contribution in [0.25, 0.3) is 50.1 Å². The maximum atomic E-state index is 5.48. The monoisotopic (exact) mass is 375 g/mol. The molecule has 2 heterocycles. The molecule has 2 aromatic heterocycles. The molecule has 0 atom stereocenters. The number of hydrogen-bond acceptors (Lipinski definition) is 2. The van der Waals surface area contributed by atoms with E-state index in [0.29, 0.717) is 0 Å². The fraction of sp³-hybridized carbons (Fsp3) is 0. The molecule has 6 rings (SSSR count). The Bertz CT molecular complexity index is 1420. The van der Waals surface area contributed by atoms with Crippen LogP contribution in [-0.2, 0) is 0 Å². The van der Waals surface area contributed by atoms with Gasteiger partial charge in [-0.05, 0) is 35.4 Å². The summed E-state index contributed by atoms with van der Waals surface area (Å²) in [7, 11) is 0. The number of fused-ring (bicyclic) bond motifs is 3. The van der Waals surface area contributed by atoms with Crippen molar-refractivity contribution in [2.75, 3.05) is 0 Å². The molecule has 0 radical (unpaired) electrons. The first-order valence-corrected chi connectivity index (χ1v) is 9.64. The Morgan fingerprint density at radius 2 is 1.10 bits per heavy atom. The third-order valence-corrected chi connectivity index (χ3v) is 5.38. The highest BCUT2D eigenvalue weighted by molar-refractivity contribution is 6.16. The van der Waals surface area contributed by atoms with Gasteiger partial charge >= 0.3 is 0 Å². The Labute approximate surface area is 167 Å². The molecule has 0 aliphatic heterocycles. The van der Waals surface area contributed by atoms with Gasteiger partial charge in [-0.1, -0.05) is 78.9 Å². The molecule has 6 aromatic rings. The van der Waals surface area contributed by atoms with E-state index in [2.05, 4.69) is 83.4 Å². The summed E-state index contributed by atoms with van der Waals surface area (Å²) in [4.78, 5) is 0. The Balaban J connectivity index is 1.85. The van der Waals surface area contributed by atoms with Crippen molar-refractivity contribution in [2.45, 2.75) is 0 Å². The average Bonchev–Trinajstić information content (AvgIpc) is 3.10. The van der Waals surface area contributed by atoms with E-state index >= 15 is 0 Å². The van der Waals surface area contributed by atoms with Crippen molar-refractivity contribution in [3.63, 3.8) is 0 Å². The highest BCUT2D eigenvalue weighted by Crippen LogP contribution is 2.45. The molecule has 4 aromatic carbocycles. The van der Waals surface area contributed by atoms with Gasteiger partial charge in [-0.3, -0.25) is 9.15 Å². The summed E-state index contributed by atoms with van der Waals surface area (Å²) in [6.07, 6.45) is 0. The van der Waals surface area contributed by atoms with Gasteiger partial charge in [0.2, 0.25) is 11.2 Å². The molecule has 0 saturated heterocycles. The molecule has 0 aliphatic rings. The van der Waals surface area contributed by atoms with Gasteiger partial charge in [0.15, 0.2) is 0 Å². The van der Waals surface area contributed by atoms with Crippen molar-refractivity contribution in [3.05, 3.63) is 103 Å². The van der Waals surface area contributed by atoms with E-state index in [1.807, 2.05) is 24.3 Å². The maximum absolute atomic E-state index is 5.48. The average molecular weight is 375 g/mol. The van der Waals surface area contributed by atoms with Crippen LogP contribution in [0.15, 0.2) is 112 Å². The number of aromatic nitrogens is 1. The number of para-hydroxylation sites is 1. The summed E-state index contributed by atoms with van der Waals surface area (Å²) in [5.41, 5.74) is 7.22. The van der Waals surface area contributed by atoms with Crippen LogP contribution < -0.4 is 0 Å². The summed E-state index contributed by atoms with van der Waals surface area (Å²) in [5, 5.41) is 2.21. The Hall–Kier alpha value is -3.98. The second-order valence-corrected chi connectivity index (χ2v) is 7.08. The molecule has 0 saturated carbocycles. The minimum atomic E-state index is 0.777. The highest BCUT2D eigenvalue weighted by Gasteiger charge is 2.25. The molecule has 0 fully saturated rings. The van der Waals surface area contributed by atoms with Crippen molar-refractivity contribution in [1.82, 2.24) is 4.57 Å². The molecule has 29 heavy (non-hydrogen) atoms. The van der Waals surface area contributed by atoms with Crippen LogP contribution in [0.5, 0.6) is 0 Å². The molecule has 0 amide bonds. The van der Waals surface area contributed by atoms with Crippen LogP contribution in [0.3, 0.4) is 0 Å². The van der Waals surface area contributed by atoms with Crippen molar-refractivity contribution in [1.29, 1.82) is 0 Å². The van der Waals surface area contributed by atoms with Gasteiger partial charge < -0.3 is 4.57 Å². The number of hydrogen-bond donors (Lipinski definition) is 0. The normalized spacial score (nSPS) is 11.4. The summed E-state index contributed by atoms with van der Waals surface area (Å²) in [6.45, 7) is 0. The fourth-order valence-electron chi connectivity index (χ4n) is 4.13. The van der Waals surface area contributed by atoms with Crippen LogP contribution in [-0.4, -0.2) is 4.57 Å². The second kappa shape index (κ2) is 6.28. The van der Waals surface area contributed by atoms with Crippen LogP contribution in [0.1, 0.15) is 0 Å². The topological polar surface area (TPSA) is 31.2 Å². The van der Waals surface area contributed by atoms with Crippen LogP contribution >= 0.6 is 0 Å². The van der Waals surface area contributed by atoms with Gasteiger partial charge in [0.25, 0.3) is 0 Å². The van der Waals surface area contributed by atoms with Crippen molar-refractivity contribution in [2.24, 2.45) is 0 Å². The quantitative estimate of drug-likeness (QED) is 0.304. The standard InChI is InChI=1S/C26H17NO2/c1-4-10-18(11-5-1)24-21-16-17-22-26(29-28-22)23(21)25(19-12-6-2-7-13-19)27(24)20-14-8-3-9-15-20/h1-17H. The summed E-state index contributed by atoms with van der Waals surface area (Å²) in [6, 6.07) is 35.5. The molecule has 0 aliphatic carbocycles. The second-order valence-electron chi connectivity index (χ2n) is 7.08. The Morgan fingerprint density at radius 3 is 1.69 bits per heavy atom. The molecule has 0 spiro atoms. The summed E-state index contributed by atoms with van der Waals surface area (Å²) >= 11 is 0.